The Bertz CT molecular complexity index is 915. The number of carbonyl (C=O) groups excluding carboxylic acids is 1. The summed E-state index contributed by atoms with van der Waals surface area (Å²) in [6.07, 6.45) is 0.279. The molecule has 154 valence electrons. The van der Waals surface area contributed by atoms with Gasteiger partial charge in [-0.15, -0.1) is 0 Å². The summed E-state index contributed by atoms with van der Waals surface area (Å²) in [7, 11) is 0. The summed E-state index contributed by atoms with van der Waals surface area (Å²) in [5, 5.41) is 4.03. The predicted octanol–water partition coefficient (Wildman–Crippen LogP) is 4.67. The highest BCUT2D eigenvalue weighted by Crippen LogP contribution is 2.21. The van der Waals surface area contributed by atoms with Crippen molar-refractivity contribution in [3.05, 3.63) is 71.0 Å². The SMILES string of the molecule is CC(C)CC(=O)N(Cc1ccc(F)cc1F)C[C@H]1CC(c2cccc(F)c2)=NO1. The molecule has 1 aliphatic heterocycles. The zero-order valence-electron chi connectivity index (χ0n) is 16.4. The van der Waals surface area contributed by atoms with Gasteiger partial charge in [0.25, 0.3) is 0 Å². The lowest BCUT2D eigenvalue weighted by atomic mass is 10.0. The molecule has 0 radical (unpaired) electrons. The molecule has 0 fully saturated rings. The van der Waals surface area contributed by atoms with Crippen LogP contribution in [0.1, 0.15) is 37.8 Å². The first kappa shape index (κ1) is 20.9. The van der Waals surface area contributed by atoms with Crippen molar-refractivity contribution in [3.63, 3.8) is 0 Å². The van der Waals surface area contributed by atoms with Gasteiger partial charge in [0.15, 0.2) is 6.10 Å². The van der Waals surface area contributed by atoms with E-state index in [1.807, 2.05) is 13.8 Å². The Hall–Kier alpha value is -2.83. The molecule has 4 nitrogen and oxygen atoms in total. The maximum atomic E-state index is 14.1. The molecule has 29 heavy (non-hydrogen) atoms. The molecule has 2 aromatic carbocycles. The van der Waals surface area contributed by atoms with E-state index in [9.17, 15) is 18.0 Å². The lowest BCUT2D eigenvalue weighted by molar-refractivity contribution is -0.134. The highest BCUT2D eigenvalue weighted by molar-refractivity contribution is 6.01. The summed E-state index contributed by atoms with van der Waals surface area (Å²) in [5.41, 5.74) is 1.45. The maximum Gasteiger partial charge on any atom is 0.223 e. The van der Waals surface area contributed by atoms with Gasteiger partial charge in [0.1, 0.15) is 17.5 Å². The van der Waals surface area contributed by atoms with E-state index in [0.717, 1.165) is 6.07 Å². The highest BCUT2D eigenvalue weighted by Gasteiger charge is 2.27. The molecule has 0 N–H and O–H groups in total. The van der Waals surface area contributed by atoms with Gasteiger partial charge >= 0.3 is 0 Å². The topological polar surface area (TPSA) is 41.9 Å². The fourth-order valence-corrected chi connectivity index (χ4v) is 3.20. The lowest BCUT2D eigenvalue weighted by Crippen LogP contribution is -2.38. The summed E-state index contributed by atoms with van der Waals surface area (Å²) >= 11 is 0. The first-order valence-corrected chi connectivity index (χ1v) is 9.52. The first-order valence-electron chi connectivity index (χ1n) is 9.52. The average Bonchev–Trinajstić information content (AvgIpc) is 3.11. The average molecular weight is 404 g/mol. The fourth-order valence-electron chi connectivity index (χ4n) is 3.20. The van der Waals surface area contributed by atoms with Gasteiger partial charge in [-0.25, -0.2) is 13.2 Å². The van der Waals surface area contributed by atoms with Crippen LogP contribution < -0.4 is 0 Å². The van der Waals surface area contributed by atoms with Crippen molar-refractivity contribution < 1.29 is 22.8 Å². The monoisotopic (exact) mass is 404 g/mol. The Morgan fingerprint density at radius 3 is 2.62 bits per heavy atom. The minimum atomic E-state index is -0.698. The van der Waals surface area contributed by atoms with Crippen molar-refractivity contribution in [3.8, 4) is 0 Å². The Balaban J connectivity index is 1.71. The third-order valence-corrected chi connectivity index (χ3v) is 4.63. The van der Waals surface area contributed by atoms with Crippen LogP contribution in [0.3, 0.4) is 0 Å². The van der Waals surface area contributed by atoms with Crippen LogP contribution in [0.4, 0.5) is 13.2 Å². The van der Waals surface area contributed by atoms with Gasteiger partial charge in [0.05, 0.1) is 12.3 Å². The van der Waals surface area contributed by atoms with Crippen molar-refractivity contribution in [2.24, 2.45) is 11.1 Å². The number of hydrogen-bond donors (Lipinski definition) is 0. The number of carbonyl (C=O) groups is 1. The van der Waals surface area contributed by atoms with E-state index in [1.165, 1.54) is 29.2 Å². The molecule has 3 rings (SSSR count). The number of rotatable bonds is 7. The normalized spacial score (nSPS) is 15.9. The number of amides is 1. The van der Waals surface area contributed by atoms with Gasteiger partial charge in [0, 0.05) is 36.6 Å². The van der Waals surface area contributed by atoms with Gasteiger partial charge < -0.3 is 9.74 Å². The van der Waals surface area contributed by atoms with Gasteiger partial charge in [-0.1, -0.05) is 37.2 Å². The molecule has 0 aliphatic carbocycles. The zero-order chi connectivity index (χ0) is 21.0. The largest absolute Gasteiger partial charge is 0.390 e. The first-order chi connectivity index (χ1) is 13.8. The molecular weight excluding hydrogens is 381 g/mol. The van der Waals surface area contributed by atoms with Crippen molar-refractivity contribution in [2.45, 2.75) is 39.3 Å². The second-order valence-electron chi connectivity index (χ2n) is 7.59. The summed E-state index contributed by atoms with van der Waals surface area (Å²) in [4.78, 5) is 19.7. The molecular formula is C22H23F3N2O2. The summed E-state index contributed by atoms with van der Waals surface area (Å²) < 4.78 is 40.8. The molecule has 1 heterocycles. The number of nitrogens with zero attached hydrogens (tertiary/aromatic N) is 2. The van der Waals surface area contributed by atoms with Crippen LogP contribution in [0.2, 0.25) is 0 Å². The molecule has 1 aliphatic rings. The van der Waals surface area contributed by atoms with Crippen LogP contribution in [-0.4, -0.2) is 29.2 Å². The molecule has 0 bridgehead atoms. The Kier molecular flexibility index (Phi) is 6.56. The van der Waals surface area contributed by atoms with Crippen LogP contribution >= 0.6 is 0 Å². The summed E-state index contributed by atoms with van der Waals surface area (Å²) in [6, 6.07) is 9.36. The van der Waals surface area contributed by atoms with E-state index in [0.29, 0.717) is 24.1 Å². The third-order valence-electron chi connectivity index (χ3n) is 4.63. The van der Waals surface area contributed by atoms with Crippen LogP contribution in [0.5, 0.6) is 0 Å². The third kappa shape index (κ3) is 5.59. The second-order valence-corrected chi connectivity index (χ2v) is 7.59. The number of oxime groups is 1. The van der Waals surface area contributed by atoms with Crippen molar-refractivity contribution >= 4 is 11.6 Å². The van der Waals surface area contributed by atoms with E-state index >= 15 is 0 Å². The smallest absolute Gasteiger partial charge is 0.223 e. The minimum absolute atomic E-state index is 0.00677. The zero-order valence-corrected chi connectivity index (χ0v) is 16.4. The van der Waals surface area contributed by atoms with Gasteiger partial charge in [0.2, 0.25) is 5.91 Å². The van der Waals surface area contributed by atoms with Crippen LogP contribution in [-0.2, 0) is 16.2 Å². The van der Waals surface area contributed by atoms with Crippen molar-refractivity contribution in [1.82, 2.24) is 4.90 Å². The lowest BCUT2D eigenvalue weighted by Gasteiger charge is -2.26. The number of benzene rings is 2. The maximum absolute atomic E-state index is 14.1. The quantitative estimate of drug-likeness (QED) is 0.673. The Morgan fingerprint density at radius 1 is 1.17 bits per heavy atom. The van der Waals surface area contributed by atoms with Crippen molar-refractivity contribution in [1.29, 1.82) is 0 Å². The van der Waals surface area contributed by atoms with Crippen LogP contribution in [0, 0.1) is 23.4 Å². The van der Waals surface area contributed by atoms with E-state index in [2.05, 4.69) is 5.16 Å². The van der Waals surface area contributed by atoms with Gasteiger partial charge in [-0.3, -0.25) is 4.79 Å². The fraction of sp³-hybridized carbons (Fsp3) is 0.364. The van der Waals surface area contributed by atoms with E-state index < -0.39 is 17.7 Å². The van der Waals surface area contributed by atoms with Crippen molar-refractivity contribution in [2.75, 3.05) is 6.54 Å². The molecule has 2 aromatic rings. The minimum Gasteiger partial charge on any atom is -0.390 e. The van der Waals surface area contributed by atoms with Crippen LogP contribution in [0.15, 0.2) is 47.6 Å². The highest BCUT2D eigenvalue weighted by atomic mass is 19.1. The van der Waals surface area contributed by atoms with E-state index in [-0.39, 0.29) is 36.3 Å². The van der Waals surface area contributed by atoms with E-state index in [4.69, 9.17) is 4.84 Å². The molecule has 1 atom stereocenters. The Morgan fingerprint density at radius 2 is 1.93 bits per heavy atom. The molecule has 0 aromatic heterocycles. The van der Waals surface area contributed by atoms with Gasteiger partial charge in [-0.2, -0.15) is 0 Å². The van der Waals surface area contributed by atoms with E-state index in [1.54, 1.807) is 12.1 Å². The molecule has 0 spiro atoms. The number of halogens is 3. The molecule has 0 unspecified atom stereocenters. The summed E-state index contributed by atoms with van der Waals surface area (Å²) in [5.74, 6) is -1.75. The second kappa shape index (κ2) is 9.11. The Labute approximate surface area is 168 Å². The standard InChI is InChI=1S/C22H23F3N2O2/c1-14(2)8-22(28)27(12-16-6-7-18(24)10-20(16)25)13-19-11-21(26-29-19)15-4-3-5-17(23)9-15/h3-7,9-10,14,19H,8,11-13H2,1-2H3/t19-/m1/s1. The molecule has 0 saturated heterocycles. The predicted molar refractivity (Wildman–Crippen MR) is 104 cm³/mol. The number of hydrogen-bond acceptors (Lipinski definition) is 3. The van der Waals surface area contributed by atoms with Gasteiger partial charge in [-0.05, 0) is 24.1 Å². The molecule has 7 heteroatoms. The molecule has 1 amide bonds. The van der Waals surface area contributed by atoms with Crippen LogP contribution in [0.25, 0.3) is 0 Å². The molecule has 0 saturated carbocycles. The summed E-state index contributed by atoms with van der Waals surface area (Å²) in [6.45, 7) is 4.05.